The van der Waals surface area contributed by atoms with Crippen LogP contribution in [-0.4, -0.2) is 17.0 Å². The van der Waals surface area contributed by atoms with Crippen molar-refractivity contribution in [3.63, 3.8) is 0 Å². The van der Waals surface area contributed by atoms with Gasteiger partial charge >= 0.3 is 5.97 Å². The van der Waals surface area contributed by atoms with E-state index in [2.05, 4.69) is 5.32 Å². The number of carbonyl (C=O) groups excluding carboxylic acids is 1. The van der Waals surface area contributed by atoms with E-state index in [4.69, 9.17) is 4.74 Å². The first-order valence-corrected chi connectivity index (χ1v) is 8.43. The van der Waals surface area contributed by atoms with Gasteiger partial charge in [-0.25, -0.2) is 4.79 Å². The van der Waals surface area contributed by atoms with Crippen LogP contribution in [0.15, 0.2) is 66.7 Å². The predicted molar refractivity (Wildman–Crippen MR) is 104 cm³/mol. The van der Waals surface area contributed by atoms with Gasteiger partial charge in [0.2, 0.25) is 0 Å². The number of anilines is 1. The molecule has 2 N–H and O–H groups in total. The van der Waals surface area contributed by atoms with Gasteiger partial charge in [-0.3, -0.25) is 4.79 Å². The van der Waals surface area contributed by atoms with Gasteiger partial charge < -0.3 is 15.2 Å². The standard InChI is InChI=1S/C22H19NO4/c1-14-7-6-8-15(2)20(14)27-17-11-12-18(22(25)26)19(13-17)23-21(24)16-9-4-3-5-10-16/h3-13H,1-2H3,(H,23,24)(H,25,26). The number of aromatic carboxylic acids is 1. The van der Waals surface area contributed by atoms with Gasteiger partial charge in [0.15, 0.2) is 0 Å². The maximum absolute atomic E-state index is 12.4. The Balaban J connectivity index is 1.93. The minimum absolute atomic E-state index is 0.00635. The van der Waals surface area contributed by atoms with E-state index in [0.29, 0.717) is 17.1 Å². The van der Waals surface area contributed by atoms with E-state index in [9.17, 15) is 14.7 Å². The van der Waals surface area contributed by atoms with Gasteiger partial charge in [-0.05, 0) is 49.2 Å². The maximum Gasteiger partial charge on any atom is 0.337 e. The molecule has 5 nitrogen and oxygen atoms in total. The Kier molecular flexibility index (Phi) is 5.22. The van der Waals surface area contributed by atoms with Gasteiger partial charge in [-0.15, -0.1) is 0 Å². The number of amides is 1. The molecule has 0 radical (unpaired) electrons. The number of carbonyl (C=O) groups is 2. The largest absolute Gasteiger partial charge is 0.478 e. The van der Waals surface area contributed by atoms with Crippen molar-refractivity contribution >= 4 is 17.6 Å². The van der Waals surface area contributed by atoms with Crippen LogP contribution in [-0.2, 0) is 0 Å². The van der Waals surface area contributed by atoms with Crippen molar-refractivity contribution in [1.29, 1.82) is 0 Å². The maximum atomic E-state index is 12.4. The number of benzene rings is 3. The zero-order valence-electron chi connectivity index (χ0n) is 15.0. The summed E-state index contributed by atoms with van der Waals surface area (Å²) >= 11 is 0. The van der Waals surface area contributed by atoms with Crippen LogP contribution < -0.4 is 10.1 Å². The number of nitrogens with one attached hydrogen (secondary N) is 1. The number of carboxylic acids is 1. The normalized spacial score (nSPS) is 10.3. The average Bonchev–Trinajstić information content (AvgIpc) is 2.65. The molecular weight excluding hydrogens is 342 g/mol. The second-order valence-corrected chi connectivity index (χ2v) is 6.16. The molecule has 0 bridgehead atoms. The van der Waals surface area contributed by atoms with Crippen molar-refractivity contribution in [2.24, 2.45) is 0 Å². The topological polar surface area (TPSA) is 75.6 Å². The molecule has 136 valence electrons. The Morgan fingerprint density at radius 2 is 1.56 bits per heavy atom. The van der Waals surface area contributed by atoms with E-state index in [0.717, 1.165) is 11.1 Å². The fraction of sp³-hybridized carbons (Fsp3) is 0.0909. The summed E-state index contributed by atoms with van der Waals surface area (Å²) in [5, 5.41) is 12.1. The van der Waals surface area contributed by atoms with Crippen molar-refractivity contribution in [1.82, 2.24) is 0 Å². The summed E-state index contributed by atoms with van der Waals surface area (Å²) in [5.74, 6) is -0.360. The van der Waals surface area contributed by atoms with Crippen LogP contribution in [0.2, 0.25) is 0 Å². The fourth-order valence-corrected chi connectivity index (χ4v) is 2.74. The molecule has 0 aliphatic rings. The van der Waals surface area contributed by atoms with Gasteiger partial charge in [0.05, 0.1) is 11.3 Å². The zero-order chi connectivity index (χ0) is 19.4. The van der Waals surface area contributed by atoms with Crippen LogP contribution in [0, 0.1) is 13.8 Å². The lowest BCUT2D eigenvalue weighted by Gasteiger charge is -2.14. The van der Waals surface area contributed by atoms with E-state index < -0.39 is 5.97 Å². The molecule has 0 unspecified atom stereocenters. The summed E-state index contributed by atoms with van der Waals surface area (Å²) in [7, 11) is 0. The first-order valence-electron chi connectivity index (χ1n) is 8.43. The predicted octanol–water partition coefficient (Wildman–Crippen LogP) is 5.05. The van der Waals surface area contributed by atoms with E-state index >= 15 is 0 Å². The fourth-order valence-electron chi connectivity index (χ4n) is 2.74. The quantitative estimate of drug-likeness (QED) is 0.667. The highest BCUT2D eigenvalue weighted by atomic mass is 16.5. The van der Waals surface area contributed by atoms with Crippen LogP contribution in [0.25, 0.3) is 0 Å². The SMILES string of the molecule is Cc1cccc(C)c1Oc1ccc(C(=O)O)c(NC(=O)c2ccccc2)c1. The Morgan fingerprint density at radius 3 is 2.19 bits per heavy atom. The number of aryl methyl sites for hydroxylation is 2. The average molecular weight is 361 g/mol. The molecule has 5 heteroatoms. The van der Waals surface area contributed by atoms with Crippen molar-refractivity contribution in [3.8, 4) is 11.5 Å². The number of carboxylic acid groups (broad SMARTS) is 1. The number of hydrogen-bond acceptors (Lipinski definition) is 3. The third-order valence-corrected chi connectivity index (χ3v) is 4.13. The van der Waals surface area contributed by atoms with E-state index in [1.807, 2.05) is 32.0 Å². The van der Waals surface area contributed by atoms with E-state index in [1.165, 1.54) is 12.1 Å². The first-order chi connectivity index (χ1) is 13.0. The highest BCUT2D eigenvalue weighted by molar-refractivity contribution is 6.07. The number of hydrogen-bond donors (Lipinski definition) is 2. The van der Waals surface area contributed by atoms with E-state index in [-0.39, 0.29) is 17.2 Å². The van der Waals surface area contributed by atoms with E-state index in [1.54, 1.807) is 36.4 Å². The van der Waals surface area contributed by atoms with Crippen molar-refractivity contribution in [2.75, 3.05) is 5.32 Å². The van der Waals surface area contributed by atoms with Crippen molar-refractivity contribution in [3.05, 3.63) is 89.0 Å². The lowest BCUT2D eigenvalue weighted by atomic mass is 10.1. The van der Waals surface area contributed by atoms with Crippen LogP contribution in [0.4, 0.5) is 5.69 Å². The molecule has 0 aliphatic heterocycles. The molecule has 3 aromatic carbocycles. The summed E-state index contributed by atoms with van der Waals surface area (Å²) in [5.41, 5.74) is 2.54. The molecule has 1 amide bonds. The Hall–Kier alpha value is -3.60. The Bertz CT molecular complexity index is 976. The molecule has 0 aliphatic carbocycles. The minimum Gasteiger partial charge on any atom is -0.478 e. The highest BCUT2D eigenvalue weighted by Gasteiger charge is 2.15. The second-order valence-electron chi connectivity index (χ2n) is 6.16. The van der Waals surface area contributed by atoms with Crippen LogP contribution >= 0.6 is 0 Å². The number of para-hydroxylation sites is 1. The summed E-state index contributed by atoms with van der Waals surface area (Å²) in [6.07, 6.45) is 0. The molecule has 3 rings (SSSR count). The summed E-state index contributed by atoms with van der Waals surface area (Å²) in [4.78, 5) is 23.9. The molecule has 0 saturated carbocycles. The Labute approximate surface area is 157 Å². The van der Waals surface area contributed by atoms with Crippen LogP contribution in [0.1, 0.15) is 31.8 Å². The minimum atomic E-state index is -1.13. The second kappa shape index (κ2) is 7.74. The molecule has 0 atom stereocenters. The van der Waals surface area contributed by atoms with Gasteiger partial charge in [0, 0.05) is 11.6 Å². The lowest BCUT2D eigenvalue weighted by Crippen LogP contribution is -2.14. The monoisotopic (exact) mass is 361 g/mol. The van der Waals surface area contributed by atoms with Gasteiger partial charge in [0.1, 0.15) is 11.5 Å². The molecule has 0 fully saturated rings. The van der Waals surface area contributed by atoms with Gasteiger partial charge in [-0.1, -0.05) is 36.4 Å². The van der Waals surface area contributed by atoms with Crippen molar-refractivity contribution < 1.29 is 19.4 Å². The number of ether oxygens (including phenoxy) is 1. The van der Waals surface area contributed by atoms with Crippen LogP contribution in [0.5, 0.6) is 11.5 Å². The smallest absolute Gasteiger partial charge is 0.337 e. The molecule has 27 heavy (non-hydrogen) atoms. The number of rotatable bonds is 5. The summed E-state index contributed by atoms with van der Waals surface area (Å²) in [6.45, 7) is 3.87. The molecular formula is C22H19NO4. The molecule has 0 aromatic heterocycles. The molecule has 0 spiro atoms. The first kappa shape index (κ1) is 18.2. The van der Waals surface area contributed by atoms with Gasteiger partial charge in [0.25, 0.3) is 5.91 Å². The third-order valence-electron chi connectivity index (χ3n) is 4.13. The summed E-state index contributed by atoms with van der Waals surface area (Å²) < 4.78 is 5.96. The van der Waals surface area contributed by atoms with Crippen LogP contribution in [0.3, 0.4) is 0 Å². The third kappa shape index (κ3) is 4.15. The van der Waals surface area contributed by atoms with Gasteiger partial charge in [-0.2, -0.15) is 0 Å². The lowest BCUT2D eigenvalue weighted by molar-refractivity contribution is 0.0698. The summed E-state index contributed by atoms with van der Waals surface area (Å²) in [6, 6.07) is 18.9. The molecule has 3 aromatic rings. The highest BCUT2D eigenvalue weighted by Crippen LogP contribution is 2.31. The zero-order valence-corrected chi connectivity index (χ0v) is 15.0. The molecule has 0 saturated heterocycles. The molecule has 0 heterocycles. The van der Waals surface area contributed by atoms with Crippen molar-refractivity contribution in [2.45, 2.75) is 13.8 Å². The Morgan fingerprint density at radius 1 is 0.889 bits per heavy atom.